The van der Waals surface area contributed by atoms with Crippen molar-refractivity contribution in [3.8, 4) is 29.1 Å². The summed E-state index contributed by atoms with van der Waals surface area (Å²) in [7, 11) is 0. The molecule has 0 saturated carbocycles. The van der Waals surface area contributed by atoms with Crippen molar-refractivity contribution in [1.29, 1.82) is 5.26 Å². The number of aromatic nitrogens is 2. The van der Waals surface area contributed by atoms with Gasteiger partial charge in [0.1, 0.15) is 15.3 Å². The molecule has 28 heavy (non-hydrogen) atoms. The lowest BCUT2D eigenvalue weighted by Gasteiger charge is -2.07. The Morgan fingerprint density at radius 1 is 1.07 bits per heavy atom. The Hall–Kier alpha value is -2.58. The minimum Gasteiger partial charge on any atom is -0.503 e. The second-order valence-electron chi connectivity index (χ2n) is 4.56. The minimum atomic E-state index is -1.30. The minimum absolute atomic E-state index is 0. The predicted molar refractivity (Wildman–Crippen MR) is 108 cm³/mol. The normalized spacial score (nSPS) is 9.25. The fourth-order valence-corrected chi connectivity index (χ4v) is 2.50. The SMILES string of the molecule is C.CCOc1cc(Br)nc(C#N)c1O.CCOc1cc(Br)nc(C(=O)O)c1O. The van der Waals surface area contributed by atoms with Gasteiger partial charge in [-0.3, -0.25) is 0 Å². The van der Waals surface area contributed by atoms with Crippen LogP contribution in [0.15, 0.2) is 21.3 Å². The van der Waals surface area contributed by atoms with E-state index >= 15 is 0 Å². The molecular weight excluding hydrogens is 502 g/mol. The van der Waals surface area contributed by atoms with Gasteiger partial charge in [0.25, 0.3) is 0 Å². The first-order chi connectivity index (χ1) is 12.7. The zero-order valence-electron chi connectivity index (χ0n) is 14.2. The summed E-state index contributed by atoms with van der Waals surface area (Å²) < 4.78 is 10.9. The molecule has 3 N–H and O–H groups in total. The summed E-state index contributed by atoms with van der Waals surface area (Å²) in [6.45, 7) is 4.28. The number of pyridine rings is 2. The van der Waals surface area contributed by atoms with Crippen molar-refractivity contribution in [2.24, 2.45) is 0 Å². The van der Waals surface area contributed by atoms with Crippen LogP contribution in [-0.2, 0) is 0 Å². The van der Waals surface area contributed by atoms with E-state index in [-0.39, 0.29) is 30.4 Å². The Kier molecular flexibility index (Phi) is 10.9. The molecule has 0 aliphatic heterocycles. The van der Waals surface area contributed by atoms with Gasteiger partial charge in [0.2, 0.25) is 0 Å². The first-order valence-corrected chi connectivity index (χ1v) is 9.01. The summed E-state index contributed by atoms with van der Waals surface area (Å²) in [5, 5.41) is 36.1. The number of aromatic hydroxyl groups is 2. The molecule has 0 aliphatic rings. The van der Waals surface area contributed by atoms with E-state index in [9.17, 15) is 15.0 Å². The van der Waals surface area contributed by atoms with Crippen molar-refractivity contribution in [2.75, 3.05) is 13.2 Å². The van der Waals surface area contributed by atoms with Crippen LogP contribution in [0.4, 0.5) is 0 Å². The zero-order valence-corrected chi connectivity index (χ0v) is 17.4. The van der Waals surface area contributed by atoms with Crippen molar-refractivity contribution in [3.63, 3.8) is 0 Å². The van der Waals surface area contributed by atoms with E-state index in [0.29, 0.717) is 22.4 Å². The number of carbonyl (C=O) groups is 1. The molecule has 0 amide bonds. The van der Waals surface area contributed by atoms with Crippen LogP contribution >= 0.6 is 31.9 Å². The van der Waals surface area contributed by atoms with Gasteiger partial charge in [0, 0.05) is 12.1 Å². The Morgan fingerprint density at radius 3 is 1.96 bits per heavy atom. The van der Waals surface area contributed by atoms with Crippen LogP contribution in [-0.4, -0.2) is 44.5 Å². The number of halogens is 2. The van der Waals surface area contributed by atoms with Crippen LogP contribution in [0.25, 0.3) is 0 Å². The maximum atomic E-state index is 10.6. The third kappa shape index (κ3) is 6.86. The van der Waals surface area contributed by atoms with Gasteiger partial charge < -0.3 is 24.8 Å². The molecule has 0 atom stereocenters. The molecule has 2 rings (SSSR count). The maximum absolute atomic E-state index is 10.6. The summed E-state index contributed by atoms with van der Waals surface area (Å²) >= 11 is 6.12. The lowest BCUT2D eigenvalue weighted by atomic mass is 10.3. The molecule has 152 valence electrons. The van der Waals surface area contributed by atoms with Crippen molar-refractivity contribution < 1.29 is 29.6 Å². The average Bonchev–Trinajstić information content (AvgIpc) is 2.61. The molecule has 11 heteroatoms. The van der Waals surface area contributed by atoms with E-state index in [2.05, 4.69) is 41.8 Å². The van der Waals surface area contributed by atoms with E-state index in [4.69, 9.17) is 19.8 Å². The van der Waals surface area contributed by atoms with Crippen LogP contribution in [0.3, 0.4) is 0 Å². The van der Waals surface area contributed by atoms with E-state index in [1.54, 1.807) is 19.9 Å². The standard InChI is InChI=1S/C8H7BrN2O2.C8H8BrNO4.CH4/c1-2-13-6-3-7(9)11-5(4-10)8(6)12;1-2-14-4-3-5(9)10-6(7(4)11)8(12)13;/h3,12H,2H2,1H3;3,11H,2H2,1H3,(H,12,13);1H4. The second kappa shape index (κ2) is 12.0. The van der Waals surface area contributed by atoms with Gasteiger partial charge in [-0.25, -0.2) is 14.8 Å². The molecule has 0 spiro atoms. The van der Waals surface area contributed by atoms with Crippen molar-refractivity contribution in [2.45, 2.75) is 21.3 Å². The van der Waals surface area contributed by atoms with Crippen LogP contribution in [0.5, 0.6) is 23.0 Å². The number of carboxylic acids is 1. The lowest BCUT2D eigenvalue weighted by Crippen LogP contribution is -2.03. The fraction of sp³-hybridized carbons (Fsp3) is 0.294. The summed E-state index contributed by atoms with van der Waals surface area (Å²) in [4.78, 5) is 18.0. The highest BCUT2D eigenvalue weighted by Gasteiger charge is 2.17. The van der Waals surface area contributed by atoms with Crippen LogP contribution < -0.4 is 9.47 Å². The Bertz CT molecular complexity index is 871. The number of carboxylic acid groups (broad SMARTS) is 1. The quantitative estimate of drug-likeness (QED) is 0.495. The smallest absolute Gasteiger partial charge is 0.358 e. The van der Waals surface area contributed by atoms with Gasteiger partial charge >= 0.3 is 5.97 Å². The summed E-state index contributed by atoms with van der Waals surface area (Å²) in [5.41, 5.74) is -0.472. The van der Waals surface area contributed by atoms with Gasteiger partial charge in [-0.2, -0.15) is 5.26 Å². The Labute approximate surface area is 178 Å². The maximum Gasteiger partial charge on any atom is 0.358 e. The zero-order chi connectivity index (χ0) is 20.6. The molecule has 0 fully saturated rings. The van der Waals surface area contributed by atoms with Gasteiger partial charge in [-0.05, 0) is 45.7 Å². The number of nitrogens with zero attached hydrogens (tertiary/aromatic N) is 3. The van der Waals surface area contributed by atoms with Gasteiger partial charge in [0.15, 0.2) is 34.4 Å². The monoisotopic (exact) mass is 519 g/mol. The lowest BCUT2D eigenvalue weighted by molar-refractivity contribution is 0.0685. The number of nitriles is 1. The summed E-state index contributed by atoms with van der Waals surface area (Å²) in [5.74, 6) is -1.60. The van der Waals surface area contributed by atoms with E-state index in [1.807, 2.05) is 0 Å². The topological polar surface area (TPSA) is 146 Å². The van der Waals surface area contributed by atoms with Crippen LogP contribution in [0, 0.1) is 11.3 Å². The van der Waals surface area contributed by atoms with Crippen molar-refractivity contribution in [1.82, 2.24) is 9.97 Å². The fourth-order valence-electron chi connectivity index (χ4n) is 1.73. The number of aromatic carboxylic acids is 1. The summed E-state index contributed by atoms with van der Waals surface area (Å²) in [6.07, 6.45) is 0. The first kappa shape index (κ1) is 25.4. The largest absolute Gasteiger partial charge is 0.503 e. The third-order valence-corrected chi connectivity index (χ3v) is 3.57. The van der Waals surface area contributed by atoms with Crippen LogP contribution in [0.1, 0.15) is 37.5 Å². The predicted octanol–water partition coefficient (Wildman–Crippen LogP) is 4.10. The number of hydrogen-bond acceptors (Lipinski definition) is 8. The average molecular weight is 521 g/mol. The van der Waals surface area contributed by atoms with Crippen molar-refractivity contribution in [3.05, 3.63) is 32.7 Å². The third-order valence-electron chi connectivity index (χ3n) is 2.76. The van der Waals surface area contributed by atoms with Crippen molar-refractivity contribution >= 4 is 37.8 Å². The van der Waals surface area contributed by atoms with Gasteiger partial charge in [-0.15, -0.1) is 0 Å². The molecule has 2 heterocycles. The molecular formula is C17H19Br2N3O6. The van der Waals surface area contributed by atoms with Gasteiger partial charge in [0.05, 0.1) is 13.2 Å². The second-order valence-corrected chi connectivity index (χ2v) is 6.19. The number of ether oxygens (including phenoxy) is 2. The molecule has 9 nitrogen and oxygen atoms in total. The first-order valence-electron chi connectivity index (χ1n) is 7.43. The molecule has 2 aromatic rings. The molecule has 2 aromatic heterocycles. The van der Waals surface area contributed by atoms with E-state index in [1.165, 1.54) is 12.1 Å². The highest BCUT2D eigenvalue weighted by Crippen LogP contribution is 2.32. The molecule has 0 aromatic carbocycles. The van der Waals surface area contributed by atoms with Gasteiger partial charge in [-0.1, -0.05) is 7.43 Å². The number of rotatable bonds is 5. The molecule has 0 radical (unpaired) electrons. The molecule has 0 aliphatic carbocycles. The van der Waals surface area contributed by atoms with Crippen LogP contribution in [0.2, 0.25) is 0 Å². The Morgan fingerprint density at radius 2 is 1.54 bits per heavy atom. The van der Waals surface area contributed by atoms with E-state index < -0.39 is 17.4 Å². The summed E-state index contributed by atoms with van der Waals surface area (Å²) in [6, 6.07) is 4.69. The van der Waals surface area contributed by atoms with E-state index in [0.717, 1.165) is 0 Å². The molecule has 0 bridgehead atoms. The Balaban J connectivity index is 0.000000504. The number of hydrogen-bond donors (Lipinski definition) is 3. The highest BCUT2D eigenvalue weighted by atomic mass is 79.9. The molecule has 0 saturated heterocycles. The highest BCUT2D eigenvalue weighted by molar-refractivity contribution is 9.10. The molecule has 0 unspecified atom stereocenters.